The number of carbonyl (C=O) groups is 1. The Morgan fingerprint density at radius 3 is 2.80 bits per heavy atom. The second kappa shape index (κ2) is 5.92. The minimum absolute atomic E-state index is 0.0606. The Labute approximate surface area is 116 Å². The van der Waals surface area contributed by atoms with E-state index in [-0.39, 0.29) is 19.1 Å². The smallest absolute Gasteiger partial charge is 0.311 e. The van der Waals surface area contributed by atoms with Gasteiger partial charge in [0.25, 0.3) is 0 Å². The second-order valence-electron chi connectivity index (χ2n) is 4.79. The van der Waals surface area contributed by atoms with Gasteiger partial charge < -0.3 is 19.5 Å². The zero-order chi connectivity index (χ0) is 14.7. The number of hydrogen-bond donors (Lipinski definition) is 2. The summed E-state index contributed by atoms with van der Waals surface area (Å²) < 4.78 is 7.32. The first-order valence-electron chi connectivity index (χ1n) is 6.49. The van der Waals surface area contributed by atoms with Gasteiger partial charge in [0.2, 0.25) is 0 Å². The van der Waals surface area contributed by atoms with Crippen LogP contribution in [0.3, 0.4) is 0 Å². The van der Waals surface area contributed by atoms with Crippen LogP contribution in [0.5, 0.6) is 5.75 Å². The quantitative estimate of drug-likeness (QED) is 0.835. The summed E-state index contributed by atoms with van der Waals surface area (Å²) in [4.78, 5) is 15.2. The maximum absolute atomic E-state index is 10.9. The minimum Gasteiger partial charge on any atom is -0.491 e. The normalized spacial score (nSPS) is 11.2. The molecule has 1 aromatic heterocycles. The van der Waals surface area contributed by atoms with Gasteiger partial charge in [0.1, 0.15) is 18.0 Å². The Hall–Kier alpha value is -2.08. The molecule has 0 aliphatic heterocycles. The van der Waals surface area contributed by atoms with Crippen molar-refractivity contribution in [3.05, 3.63) is 24.0 Å². The van der Waals surface area contributed by atoms with Crippen LogP contribution in [-0.4, -0.2) is 38.4 Å². The summed E-state index contributed by atoms with van der Waals surface area (Å²) in [5.41, 5.74) is 1.47. The fraction of sp³-hybridized carbons (Fsp3) is 0.429. The Morgan fingerprint density at radius 2 is 2.20 bits per heavy atom. The molecule has 1 aromatic carbocycles. The van der Waals surface area contributed by atoms with E-state index in [4.69, 9.17) is 14.9 Å². The fourth-order valence-corrected chi connectivity index (χ4v) is 2.12. The van der Waals surface area contributed by atoms with Crippen molar-refractivity contribution in [1.82, 2.24) is 9.55 Å². The van der Waals surface area contributed by atoms with Crippen molar-refractivity contribution in [2.45, 2.75) is 32.9 Å². The van der Waals surface area contributed by atoms with E-state index >= 15 is 0 Å². The van der Waals surface area contributed by atoms with Crippen LogP contribution in [0.4, 0.5) is 0 Å². The molecule has 0 unspecified atom stereocenters. The Kier molecular flexibility index (Phi) is 4.24. The standard InChI is InChI=1S/C14H18N2O4/c1-9(2)20-10-3-4-12-11(7-10)15-13(8-14(18)19)16(12)5-6-17/h3-4,7,9,17H,5-6,8H2,1-2H3,(H,18,19). The van der Waals surface area contributed by atoms with Crippen molar-refractivity contribution in [2.24, 2.45) is 0 Å². The van der Waals surface area contributed by atoms with Crippen LogP contribution in [0.25, 0.3) is 11.0 Å². The molecule has 0 saturated carbocycles. The van der Waals surface area contributed by atoms with Crippen LogP contribution < -0.4 is 4.74 Å². The average Bonchev–Trinajstić information content (AvgIpc) is 2.65. The zero-order valence-electron chi connectivity index (χ0n) is 11.5. The summed E-state index contributed by atoms with van der Waals surface area (Å²) in [6.07, 6.45) is -0.111. The van der Waals surface area contributed by atoms with Gasteiger partial charge in [-0.25, -0.2) is 4.98 Å². The lowest BCUT2D eigenvalue weighted by Gasteiger charge is -2.09. The SMILES string of the molecule is CC(C)Oc1ccc2c(c1)nc(CC(=O)O)n2CCO. The summed E-state index contributed by atoms with van der Waals surface area (Å²) in [5, 5.41) is 18.0. The highest BCUT2D eigenvalue weighted by Gasteiger charge is 2.14. The highest BCUT2D eigenvalue weighted by molar-refractivity contribution is 5.79. The predicted octanol–water partition coefficient (Wildman–Crippen LogP) is 1.44. The van der Waals surface area contributed by atoms with E-state index in [2.05, 4.69) is 4.98 Å². The number of aliphatic carboxylic acids is 1. The predicted molar refractivity (Wildman–Crippen MR) is 73.9 cm³/mol. The first kappa shape index (κ1) is 14.3. The van der Waals surface area contributed by atoms with Gasteiger partial charge in [-0.15, -0.1) is 0 Å². The number of nitrogens with zero attached hydrogens (tertiary/aromatic N) is 2. The Balaban J connectivity index is 2.45. The molecule has 0 saturated heterocycles. The number of hydrogen-bond acceptors (Lipinski definition) is 4. The van der Waals surface area contributed by atoms with E-state index in [0.717, 1.165) is 5.52 Å². The first-order chi connectivity index (χ1) is 9.51. The van der Waals surface area contributed by atoms with Crippen LogP contribution in [0.2, 0.25) is 0 Å². The maximum Gasteiger partial charge on any atom is 0.311 e. The van der Waals surface area contributed by atoms with Crippen molar-refractivity contribution in [1.29, 1.82) is 0 Å². The molecule has 108 valence electrons. The van der Waals surface area contributed by atoms with Gasteiger partial charge in [0.05, 0.1) is 23.7 Å². The number of rotatable bonds is 6. The first-order valence-corrected chi connectivity index (χ1v) is 6.49. The number of aromatic nitrogens is 2. The molecule has 0 aliphatic carbocycles. The maximum atomic E-state index is 10.9. The minimum atomic E-state index is -0.946. The average molecular weight is 278 g/mol. The van der Waals surface area contributed by atoms with E-state index in [1.54, 1.807) is 10.6 Å². The van der Waals surface area contributed by atoms with Gasteiger partial charge in [-0.1, -0.05) is 0 Å². The molecule has 2 rings (SSSR count). The zero-order valence-corrected chi connectivity index (χ0v) is 11.5. The number of benzene rings is 1. The van der Waals surface area contributed by atoms with Crippen LogP contribution in [-0.2, 0) is 17.8 Å². The second-order valence-corrected chi connectivity index (χ2v) is 4.79. The largest absolute Gasteiger partial charge is 0.491 e. The highest BCUT2D eigenvalue weighted by Crippen LogP contribution is 2.23. The van der Waals surface area contributed by atoms with E-state index in [0.29, 0.717) is 23.6 Å². The van der Waals surface area contributed by atoms with E-state index < -0.39 is 5.97 Å². The van der Waals surface area contributed by atoms with Gasteiger partial charge in [-0.05, 0) is 26.0 Å². The number of fused-ring (bicyclic) bond motifs is 1. The third-order valence-corrected chi connectivity index (χ3v) is 2.80. The lowest BCUT2D eigenvalue weighted by atomic mass is 10.3. The van der Waals surface area contributed by atoms with Crippen LogP contribution >= 0.6 is 0 Å². The number of aliphatic hydroxyl groups is 1. The van der Waals surface area contributed by atoms with Crippen LogP contribution in [0.15, 0.2) is 18.2 Å². The molecular weight excluding hydrogens is 260 g/mol. The molecule has 0 spiro atoms. The third-order valence-electron chi connectivity index (χ3n) is 2.80. The van der Waals surface area contributed by atoms with Gasteiger partial charge in [-0.2, -0.15) is 0 Å². The van der Waals surface area contributed by atoms with E-state index in [9.17, 15) is 4.79 Å². The van der Waals surface area contributed by atoms with Crippen molar-refractivity contribution in [2.75, 3.05) is 6.61 Å². The van der Waals surface area contributed by atoms with Crippen molar-refractivity contribution >= 4 is 17.0 Å². The molecule has 0 fully saturated rings. The number of ether oxygens (including phenoxy) is 1. The molecule has 2 aromatic rings. The van der Waals surface area contributed by atoms with Crippen LogP contribution in [0, 0.1) is 0 Å². The van der Waals surface area contributed by atoms with Gasteiger partial charge in [0, 0.05) is 12.6 Å². The molecule has 0 radical (unpaired) electrons. The van der Waals surface area contributed by atoms with Crippen molar-refractivity contribution in [3.63, 3.8) is 0 Å². The molecule has 0 aliphatic rings. The number of imidazole rings is 1. The molecule has 6 nitrogen and oxygen atoms in total. The third kappa shape index (κ3) is 3.08. The molecule has 0 amide bonds. The highest BCUT2D eigenvalue weighted by atomic mass is 16.5. The van der Waals surface area contributed by atoms with E-state index in [1.165, 1.54) is 0 Å². The number of aliphatic hydroxyl groups excluding tert-OH is 1. The summed E-state index contributed by atoms with van der Waals surface area (Å²) in [6, 6.07) is 5.44. The summed E-state index contributed by atoms with van der Waals surface area (Å²) in [6.45, 7) is 4.13. The Morgan fingerprint density at radius 1 is 1.45 bits per heavy atom. The lowest BCUT2D eigenvalue weighted by molar-refractivity contribution is -0.136. The topological polar surface area (TPSA) is 84.6 Å². The molecule has 20 heavy (non-hydrogen) atoms. The van der Waals surface area contributed by atoms with Gasteiger partial charge in [-0.3, -0.25) is 4.79 Å². The monoisotopic (exact) mass is 278 g/mol. The van der Waals surface area contributed by atoms with Crippen LogP contribution in [0.1, 0.15) is 19.7 Å². The molecule has 2 N–H and O–H groups in total. The summed E-state index contributed by atoms with van der Waals surface area (Å²) in [7, 11) is 0. The molecule has 0 bridgehead atoms. The Bertz CT molecular complexity index is 619. The number of carboxylic acids is 1. The van der Waals surface area contributed by atoms with Gasteiger partial charge >= 0.3 is 5.97 Å². The van der Waals surface area contributed by atoms with Gasteiger partial charge in [0.15, 0.2) is 0 Å². The lowest BCUT2D eigenvalue weighted by Crippen LogP contribution is -2.11. The molecule has 6 heteroatoms. The van der Waals surface area contributed by atoms with Crippen molar-refractivity contribution < 1.29 is 19.7 Å². The fourth-order valence-electron chi connectivity index (χ4n) is 2.12. The molecular formula is C14H18N2O4. The summed E-state index contributed by atoms with van der Waals surface area (Å²) >= 11 is 0. The molecule has 1 heterocycles. The van der Waals surface area contributed by atoms with Crippen molar-refractivity contribution in [3.8, 4) is 5.75 Å². The number of carboxylic acid groups (broad SMARTS) is 1. The van der Waals surface area contributed by atoms with E-state index in [1.807, 2.05) is 26.0 Å². The molecule has 0 atom stereocenters. The summed E-state index contributed by atoms with van der Waals surface area (Å²) in [5.74, 6) is 0.185.